The van der Waals surface area contributed by atoms with Crippen molar-refractivity contribution in [2.75, 3.05) is 19.7 Å². The maximum Gasteiger partial charge on any atom is 0.0897 e. The Labute approximate surface area is 126 Å². The largest absolute Gasteiger partial charge is 0.389 e. The summed E-state index contributed by atoms with van der Waals surface area (Å²) in [6.45, 7) is 5.01. The fraction of sp³-hybridized carbons (Fsp3) is 0.867. The quantitative estimate of drug-likeness (QED) is 0.670. The molecule has 1 heterocycles. The number of nitrogens with one attached hydrogen (secondary N) is 1. The average Bonchev–Trinajstić information content (AvgIpc) is 2.98. The van der Waals surface area contributed by atoms with E-state index in [9.17, 15) is 5.11 Å². The minimum atomic E-state index is -0.423. The Morgan fingerprint density at radius 2 is 2.38 bits per heavy atom. The smallest absolute Gasteiger partial charge is 0.0897 e. The van der Waals surface area contributed by atoms with E-state index in [0.29, 0.717) is 19.3 Å². The molecule has 0 radical (unpaired) electrons. The molecule has 0 amide bonds. The number of aliphatic hydroxyl groups excluding tert-OH is 1. The zero-order chi connectivity index (χ0) is 14.9. The number of aryl methyl sites for hydroxylation is 1. The van der Waals surface area contributed by atoms with Gasteiger partial charge < -0.3 is 15.2 Å². The third kappa shape index (κ3) is 6.54. The lowest BCUT2D eigenvalue weighted by Crippen LogP contribution is -2.33. The van der Waals surface area contributed by atoms with Crippen molar-refractivity contribution in [3.05, 3.63) is 12.4 Å². The second-order valence-electron chi connectivity index (χ2n) is 6.10. The molecule has 1 aliphatic carbocycles. The summed E-state index contributed by atoms with van der Waals surface area (Å²) in [5, 5.41) is 20.8. The maximum absolute atomic E-state index is 9.91. The van der Waals surface area contributed by atoms with Gasteiger partial charge in [-0.15, -0.1) is 5.10 Å². The lowest BCUT2D eigenvalue weighted by molar-refractivity contribution is -0.0305. The molecular weight excluding hydrogens is 268 g/mol. The zero-order valence-electron chi connectivity index (χ0n) is 12.9. The van der Waals surface area contributed by atoms with Crippen molar-refractivity contribution in [2.24, 2.45) is 5.92 Å². The average molecular weight is 296 g/mol. The third-order valence-corrected chi connectivity index (χ3v) is 4.01. The number of aliphatic hydroxyl groups is 1. The molecule has 0 bridgehead atoms. The standard InChI is InChI=1S/C15H28N4O2/c1-13-4-2-5-15(10-13)21-12-14(20)11-16-6-3-8-19-9-7-17-18-19/h7,9,13-16,20H,2-6,8,10-12H2,1H3. The molecule has 6 nitrogen and oxygen atoms in total. The Morgan fingerprint density at radius 1 is 1.48 bits per heavy atom. The molecule has 3 unspecified atom stereocenters. The van der Waals surface area contributed by atoms with Gasteiger partial charge in [0.1, 0.15) is 0 Å². The predicted octanol–water partition coefficient (Wildman–Crippen LogP) is 1.21. The van der Waals surface area contributed by atoms with Crippen LogP contribution >= 0.6 is 0 Å². The van der Waals surface area contributed by atoms with Crippen LogP contribution in [0.15, 0.2) is 12.4 Å². The van der Waals surface area contributed by atoms with Gasteiger partial charge in [0.25, 0.3) is 0 Å². The first-order valence-electron chi connectivity index (χ1n) is 8.08. The van der Waals surface area contributed by atoms with E-state index in [1.165, 1.54) is 12.8 Å². The third-order valence-electron chi connectivity index (χ3n) is 4.01. The number of nitrogens with zero attached hydrogens (tertiary/aromatic N) is 3. The molecule has 0 spiro atoms. The van der Waals surface area contributed by atoms with Crippen LogP contribution in [0.3, 0.4) is 0 Å². The summed E-state index contributed by atoms with van der Waals surface area (Å²) in [6.07, 6.45) is 9.27. The summed E-state index contributed by atoms with van der Waals surface area (Å²) in [5.41, 5.74) is 0. The van der Waals surface area contributed by atoms with Gasteiger partial charge in [-0.25, -0.2) is 0 Å². The Bertz CT molecular complexity index is 372. The van der Waals surface area contributed by atoms with E-state index < -0.39 is 6.10 Å². The highest BCUT2D eigenvalue weighted by molar-refractivity contribution is 4.71. The van der Waals surface area contributed by atoms with Crippen molar-refractivity contribution < 1.29 is 9.84 Å². The molecule has 2 rings (SSSR count). The SMILES string of the molecule is CC1CCCC(OCC(O)CNCCCn2ccnn2)C1. The van der Waals surface area contributed by atoms with Gasteiger partial charge in [0.2, 0.25) is 0 Å². The van der Waals surface area contributed by atoms with Crippen molar-refractivity contribution in [3.8, 4) is 0 Å². The molecule has 6 heteroatoms. The fourth-order valence-corrected chi connectivity index (χ4v) is 2.82. The molecule has 1 aromatic heterocycles. The van der Waals surface area contributed by atoms with Crippen LogP contribution in [-0.4, -0.2) is 52.0 Å². The molecular formula is C15H28N4O2. The summed E-state index contributed by atoms with van der Waals surface area (Å²) in [7, 11) is 0. The highest BCUT2D eigenvalue weighted by Crippen LogP contribution is 2.25. The summed E-state index contributed by atoms with van der Waals surface area (Å²) in [4.78, 5) is 0. The normalized spacial score (nSPS) is 24.1. The van der Waals surface area contributed by atoms with Crippen LogP contribution in [-0.2, 0) is 11.3 Å². The molecule has 3 atom stereocenters. The van der Waals surface area contributed by atoms with E-state index >= 15 is 0 Å². The molecule has 1 aromatic rings. The van der Waals surface area contributed by atoms with Crippen molar-refractivity contribution in [3.63, 3.8) is 0 Å². The maximum atomic E-state index is 9.91. The molecule has 120 valence electrons. The first-order valence-corrected chi connectivity index (χ1v) is 8.08. The van der Waals surface area contributed by atoms with E-state index in [2.05, 4.69) is 22.6 Å². The van der Waals surface area contributed by atoms with Crippen LogP contribution in [0.5, 0.6) is 0 Å². The molecule has 0 saturated heterocycles. The summed E-state index contributed by atoms with van der Waals surface area (Å²) in [5.74, 6) is 0.760. The number of hydrogen-bond donors (Lipinski definition) is 2. The zero-order valence-corrected chi connectivity index (χ0v) is 12.9. The highest BCUT2D eigenvalue weighted by atomic mass is 16.5. The first-order chi connectivity index (χ1) is 10.2. The van der Waals surface area contributed by atoms with E-state index in [-0.39, 0.29) is 0 Å². The minimum absolute atomic E-state index is 0.343. The summed E-state index contributed by atoms with van der Waals surface area (Å²) in [6, 6.07) is 0. The van der Waals surface area contributed by atoms with Gasteiger partial charge in [-0.1, -0.05) is 25.0 Å². The fourth-order valence-electron chi connectivity index (χ4n) is 2.82. The predicted molar refractivity (Wildman–Crippen MR) is 80.9 cm³/mol. The summed E-state index contributed by atoms with van der Waals surface area (Å²) >= 11 is 0. The Kier molecular flexibility index (Phi) is 7.12. The van der Waals surface area contributed by atoms with Gasteiger partial charge in [0.15, 0.2) is 0 Å². The van der Waals surface area contributed by atoms with Crippen LogP contribution in [0.4, 0.5) is 0 Å². The lowest BCUT2D eigenvalue weighted by Gasteiger charge is -2.27. The Morgan fingerprint density at radius 3 is 3.14 bits per heavy atom. The molecule has 21 heavy (non-hydrogen) atoms. The molecule has 2 N–H and O–H groups in total. The van der Waals surface area contributed by atoms with Crippen LogP contribution in [0, 0.1) is 5.92 Å². The molecule has 0 aliphatic heterocycles. The topological polar surface area (TPSA) is 72.2 Å². The first kappa shape index (κ1) is 16.4. The second kappa shape index (κ2) is 9.12. The molecule has 1 saturated carbocycles. The number of ether oxygens (including phenoxy) is 1. The van der Waals surface area contributed by atoms with Crippen molar-refractivity contribution in [2.45, 2.75) is 57.8 Å². The minimum Gasteiger partial charge on any atom is -0.389 e. The number of rotatable bonds is 9. The number of aromatic nitrogens is 3. The monoisotopic (exact) mass is 296 g/mol. The van der Waals surface area contributed by atoms with E-state index in [1.807, 2.05) is 10.9 Å². The van der Waals surface area contributed by atoms with Crippen LogP contribution in [0.2, 0.25) is 0 Å². The molecule has 1 aliphatic rings. The van der Waals surface area contributed by atoms with Crippen LogP contribution < -0.4 is 5.32 Å². The number of hydrogen-bond acceptors (Lipinski definition) is 5. The van der Waals surface area contributed by atoms with E-state index in [4.69, 9.17) is 4.74 Å². The van der Waals surface area contributed by atoms with Gasteiger partial charge in [-0.3, -0.25) is 4.68 Å². The molecule has 0 aromatic carbocycles. The van der Waals surface area contributed by atoms with E-state index in [0.717, 1.165) is 38.3 Å². The van der Waals surface area contributed by atoms with Crippen LogP contribution in [0.25, 0.3) is 0 Å². The van der Waals surface area contributed by atoms with Gasteiger partial charge >= 0.3 is 0 Å². The lowest BCUT2D eigenvalue weighted by atomic mass is 9.89. The highest BCUT2D eigenvalue weighted by Gasteiger charge is 2.20. The second-order valence-corrected chi connectivity index (χ2v) is 6.10. The van der Waals surface area contributed by atoms with Gasteiger partial charge in [-0.2, -0.15) is 0 Å². The van der Waals surface area contributed by atoms with Gasteiger partial charge in [-0.05, 0) is 31.7 Å². The molecule has 1 fully saturated rings. The van der Waals surface area contributed by atoms with Gasteiger partial charge in [0, 0.05) is 19.3 Å². The Hall–Kier alpha value is -0.980. The summed E-state index contributed by atoms with van der Waals surface area (Å²) < 4.78 is 7.63. The van der Waals surface area contributed by atoms with Gasteiger partial charge in [0.05, 0.1) is 25.0 Å². The van der Waals surface area contributed by atoms with Crippen LogP contribution in [0.1, 0.15) is 39.0 Å². The van der Waals surface area contributed by atoms with Crippen molar-refractivity contribution in [1.29, 1.82) is 0 Å². The van der Waals surface area contributed by atoms with Crippen molar-refractivity contribution >= 4 is 0 Å². The van der Waals surface area contributed by atoms with E-state index in [1.54, 1.807) is 6.20 Å². The Balaban J connectivity index is 1.46. The van der Waals surface area contributed by atoms with Crippen molar-refractivity contribution in [1.82, 2.24) is 20.3 Å².